The number of hydrogen-bond donors (Lipinski definition) is 0. The molecule has 0 N–H and O–H groups in total. The number of aromatic nitrogens is 2. The fraction of sp³-hybridized carbons (Fsp3) is 0.360. The van der Waals surface area contributed by atoms with Crippen molar-refractivity contribution in [1.29, 1.82) is 0 Å². The number of carbonyl (C=O) groups is 1. The Kier molecular flexibility index (Phi) is 5.20. The summed E-state index contributed by atoms with van der Waals surface area (Å²) in [6, 6.07) is 14.2. The first-order valence-corrected chi connectivity index (χ1v) is 11.1. The summed E-state index contributed by atoms with van der Waals surface area (Å²) in [5, 5.41) is 3.84. The van der Waals surface area contributed by atoms with Crippen molar-refractivity contribution in [2.24, 2.45) is 0 Å². The van der Waals surface area contributed by atoms with Crippen molar-refractivity contribution in [3.63, 3.8) is 0 Å². The number of anilines is 1. The van der Waals surface area contributed by atoms with Crippen molar-refractivity contribution in [1.82, 2.24) is 14.7 Å². The first-order chi connectivity index (χ1) is 16.2. The Hall–Kier alpha value is -3.33. The van der Waals surface area contributed by atoms with Crippen LogP contribution in [0.3, 0.4) is 0 Å². The molecule has 1 saturated carbocycles. The molecular formula is C25H25F3N4O2. The van der Waals surface area contributed by atoms with Crippen LogP contribution < -0.4 is 9.64 Å². The van der Waals surface area contributed by atoms with Gasteiger partial charge in [-0.3, -0.25) is 9.69 Å². The van der Waals surface area contributed by atoms with Crippen LogP contribution in [0.2, 0.25) is 0 Å². The fourth-order valence-corrected chi connectivity index (χ4v) is 4.81. The third kappa shape index (κ3) is 3.55. The van der Waals surface area contributed by atoms with Crippen molar-refractivity contribution in [2.75, 3.05) is 32.6 Å². The molecule has 1 amide bonds. The molecule has 1 aliphatic carbocycles. The molecule has 1 fully saturated rings. The summed E-state index contributed by atoms with van der Waals surface area (Å²) in [7, 11) is 5.60. The number of amides is 1. The highest BCUT2D eigenvalue weighted by atomic mass is 19.4. The molecule has 0 saturated heterocycles. The van der Waals surface area contributed by atoms with Gasteiger partial charge in [0, 0.05) is 23.3 Å². The van der Waals surface area contributed by atoms with E-state index in [0.717, 1.165) is 17.5 Å². The van der Waals surface area contributed by atoms with Crippen molar-refractivity contribution in [2.45, 2.75) is 31.0 Å². The number of rotatable bonds is 5. The Morgan fingerprint density at radius 1 is 1.00 bits per heavy atom. The smallest absolute Gasteiger partial charge is 0.435 e. The normalized spacial score (nSPS) is 17.1. The van der Waals surface area contributed by atoms with Crippen LogP contribution in [0, 0.1) is 0 Å². The number of alkyl halides is 3. The number of nitrogens with zero attached hydrogens (tertiary/aromatic N) is 4. The summed E-state index contributed by atoms with van der Waals surface area (Å²) < 4.78 is 47.6. The first-order valence-electron chi connectivity index (χ1n) is 11.1. The summed E-state index contributed by atoms with van der Waals surface area (Å²) in [6.07, 6.45) is -2.44. The number of fused-ring (bicyclic) bond motifs is 1. The van der Waals surface area contributed by atoms with E-state index in [1.807, 2.05) is 24.3 Å². The first kappa shape index (κ1) is 22.5. The van der Waals surface area contributed by atoms with Crippen molar-refractivity contribution >= 4 is 11.6 Å². The van der Waals surface area contributed by atoms with Crippen molar-refractivity contribution < 1.29 is 22.7 Å². The maximum absolute atomic E-state index is 13.8. The van der Waals surface area contributed by atoms with Crippen LogP contribution in [0.1, 0.15) is 40.2 Å². The summed E-state index contributed by atoms with van der Waals surface area (Å²) in [6.45, 7) is 0.154. The predicted molar refractivity (Wildman–Crippen MR) is 122 cm³/mol. The lowest BCUT2D eigenvalue weighted by molar-refractivity contribution is -0.141. The van der Waals surface area contributed by atoms with E-state index in [4.69, 9.17) is 4.74 Å². The van der Waals surface area contributed by atoms with Gasteiger partial charge in [-0.05, 0) is 75.3 Å². The molecule has 0 bridgehead atoms. The van der Waals surface area contributed by atoms with Gasteiger partial charge in [0.25, 0.3) is 5.91 Å². The number of ether oxygens (including phenoxy) is 1. The molecule has 1 aromatic heterocycles. The Morgan fingerprint density at radius 3 is 2.15 bits per heavy atom. The lowest BCUT2D eigenvalue weighted by Crippen LogP contribution is -2.39. The molecule has 0 radical (unpaired) electrons. The van der Waals surface area contributed by atoms with Gasteiger partial charge in [-0.2, -0.15) is 18.3 Å². The largest absolute Gasteiger partial charge is 0.497 e. The average Bonchev–Trinajstić information content (AvgIpc) is 3.53. The van der Waals surface area contributed by atoms with Gasteiger partial charge in [0.1, 0.15) is 11.4 Å². The molecule has 0 unspecified atom stereocenters. The van der Waals surface area contributed by atoms with Gasteiger partial charge in [0.2, 0.25) is 0 Å². The molecule has 34 heavy (non-hydrogen) atoms. The summed E-state index contributed by atoms with van der Waals surface area (Å²) in [4.78, 5) is 17.3. The molecule has 2 aliphatic rings. The molecule has 5 rings (SSSR count). The monoisotopic (exact) mass is 470 g/mol. The molecular weight excluding hydrogens is 445 g/mol. The Morgan fingerprint density at radius 2 is 1.62 bits per heavy atom. The van der Waals surface area contributed by atoms with Gasteiger partial charge >= 0.3 is 6.18 Å². The Balaban J connectivity index is 1.53. The molecule has 2 aromatic carbocycles. The minimum atomic E-state index is -4.66. The lowest BCUT2D eigenvalue weighted by atomic mass is 10.0. The molecule has 3 aromatic rings. The topological polar surface area (TPSA) is 50.6 Å². The van der Waals surface area contributed by atoms with Crippen LogP contribution in [0.25, 0.3) is 5.69 Å². The average molecular weight is 470 g/mol. The zero-order valence-corrected chi connectivity index (χ0v) is 19.2. The van der Waals surface area contributed by atoms with Crippen LogP contribution in [-0.4, -0.2) is 48.3 Å². The van der Waals surface area contributed by atoms with Crippen LogP contribution in [-0.2, 0) is 18.1 Å². The maximum atomic E-state index is 13.8. The van der Waals surface area contributed by atoms with Crippen LogP contribution in [0.4, 0.5) is 18.9 Å². The summed E-state index contributed by atoms with van der Waals surface area (Å²) in [5.74, 6) is 0.0570. The number of halogens is 3. The van der Waals surface area contributed by atoms with Crippen molar-refractivity contribution in [3.05, 3.63) is 71.0 Å². The third-order valence-electron chi connectivity index (χ3n) is 6.90. The van der Waals surface area contributed by atoms with Gasteiger partial charge in [-0.1, -0.05) is 12.1 Å². The molecule has 1 aliphatic heterocycles. The Bertz CT molecular complexity index is 1230. The van der Waals surface area contributed by atoms with Gasteiger partial charge in [-0.25, -0.2) is 4.68 Å². The van der Waals surface area contributed by atoms with E-state index in [9.17, 15) is 18.0 Å². The second-order valence-corrected chi connectivity index (χ2v) is 8.96. The standard InChI is InChI=1S/C25H25F3N4O2/c1-30(2)24(13-14-24)16-4-6-17(7-5-16)31-15-12-20-21(23(31)33)32(29-22(20)25(26,27)28)18-8-10-19(34-3)11-9-18/h4-11H,12-15H2,1-3H3. The number of benzene rings is 2. The van der Waals surface area contributed by atoms with Crippen LogP contribution >= 0.6 is 0 Å². The third-order valence-corrected chi connectivity index (χ3v) is 6.90. The Labute approximate surface area is 195 Å². The highest BCUT2D eigenvalue weighted by Gasteiger charge is 2.46. The zero-order chi connectivity index (χ0) is 24.3. The van der Waals surface area contributed by atoms with Gasteiger partial charge < -0.3 is 9.64 Å². The predicted octanol–water partition coefficient (Wildman–Crippen LogP) is 4.65. The number of carbonyl (C=O) groups excluding carboxylic acids is 1. The highest BCUT2D eigenvalue weighted by molar-refractivity contribution is 6.07. The molecule has 9 heteroatoms. The lowest BCUT2D eigenvalue weighted by Gasteiger charge is -2.29. The van der Waals surface area contributed by atoms with E-state index in [1.54, 1.807) is 24.3 Å². The number of hydrogen-bond acceptors (Lipinski definition) is 4. The molecule has 6 nitrogen and oxygen atoms in total. The second-order valence-electron chi connectivity index (χ2n) is 8.96. The van der Waals surface area contributed by atoms with E-state index < -0.39 is 17.8 Å². The molecule has 0 atom stereocenters. The minimum Gasteiger partial charge on any atom is -0.497 e. The highest BCUT2D eigenvalue weighted by Crippen LogP contribution is 2.50. The SMILES string of the molecule is COc1ccc(-n2nc(C(F)(F)F)c3c2C(=O)N(c2ccc(C4(N(C)C)CC4)cc2)CC3)cc1. The summed E-state index contributed by atoms with van der Waals surface area (Å²) in [5.41, 5.74) is 1.10. The van der Waals surface area contributed by atoms with Crippen molar-refractivity contribution in [3.8, 4) is 11.4 Å². The zero-order valence-electron chi connectivity index (χ0n) is 19.2. The maximum Gasteiger partial charge on any atom is 0.435 e. The minimum absolute atomic E-state index is 0.0339. The van der Waals surface area contributed by atoms with Crippen LogP contribution in [0.15, 0.2) is 48.5 Å². The van der Waals surface area contributed by atoms with E-state index in [2.05, 4.69) is 24.1 Å². The molecule has 178 valence electrons. The van der Waals surface area contributed by atoms with E-state index in [0.29, 0.717) is 17.1 Å². The van der Waals surface area contributed by atoms with Gasteiger partial charge in [0.05, 0.1) is 12.8 Å². The quantitative estimate of drug-likeness (QED) is 0.545. The molecule has 0 spiro atoms. The van der Waals surface area contributed by atoms with Gasteiger partial charge in [0.15, 0.2) is 5.69 Å². The fourth-order valence-electron chi connectivity index (χ4n) is 4.81. The molecule has 2 heterocycles. The van der Waals surface area contributed by atoms with Crippen LogP contribution in [0.5, 0.6) is 5.75 Å². The second kappa shape index (κ2) is 7.87. The van der Waals surface area contributed by atoms with E-state index in [1.165, 1.54) is 17.6 Å². The summed E-state index contributed by atoms with van der Waals surface area (Å²) >= 11 is 0. The number of methoxy groups -OCH3 is 1. The van der Waals surface area contributed by atoms with E-state index >= 15 is 0 Å². The van der Waals surface area contributed by atoms with E-state index in [-0.39, 0.29) is 29.8 Å². The van der Waals surface area contributed by atoms with Gasteiger partial charge in [-0.15, -0.1) is 0 Å².